The summed E-state index contributed by atoms with van der Waals surface area (Å²) in [6, 6.07) is 4.22. The SMILES string of the molecule is CC1(C)CCN(S(=O)(=O)c2cc(Cl)cc(Cl)c2)[C@@H]1C(=O)N[C@@H](Cc1ccc(NC(=O)c2c(Cl)cncc2Cl)nc1)C(=O)O. The molecule has 1 fully saturated rings. The number of carbonyl (C=O) groups is 3. The fourth-order valence-corrected chi connectivity index (χ4v) is 7.73. The average molecular weight is 689 g/mol. The van der Waals surface area contributed by atoms with Gasteiger partial charge in [0.05, 0.1) is 20.5 Å². The van der Waals surface area contributed by atoms with E-state index in [2.05, 4.69) is 20.6 Å². The summed E-state index contributed by atoms with van der Waals surface area (Å²) < 4.78 is 28.1. The van der Waals surface area contributed by atoms with Crippen LogP contribution in [0.25, 0.3) is 0 Å². The van der Waals surface area contributed by atoms with Crippen LogP contribution in [0, 0.1) is 5.41 Å². The molecule has 1 aliphatic heterocycles. The molecule has 3 aromatic rings. The Morgan fingerprint density at radius 3 is 2.23 bits per heavy atom. The van der Waals surface area contributed by atoms with Crippen molar-refractivity contribution in [3.63, 3.8) is 0 Å². The fourth-order valence-electron chi connectivity index (χ4n) is 4.72. The molecular formula is C27H25Cl4N5O6S. The number of sulfonamides is 1. The lowest BCUT2D eigenvalue weighted by molar-refractivity contribution is -0.142. The first-order valence-electron chi connectivity index (χ1n) is 12.7. The van der Waals surface area contributed by atoms with E-state index >= 15 is 0 Å². The summed E-state index contributed by atoms with van der Waals surface area (Å²) in [7, 11) is -4.21. The lowest BCUT2D eigenvalue weighted by Gasteiger charge is -2.32. The quantitative estimate of drug-likeness (QED) is 0.285. The number of rotatable bonds is 9. The van der Waals surface area contributed by atoms with Gasteiger partial charge in [0.2, 0.25) is 15.9 Å². The van der Waals surface area contributed by atoms with Crippen molar-refractivity contribution >= 4 is 80.0 Å². The first-order chi connectivity index (χ1) is 20.1. The van der Waals surface area contributed by atoms with Crippen LogP contribution in [0.5, 0.6) is 0 Å². The maximum atomic E-state index is 13.5. The molecule has 228 valence electrons. The predicted octanol–water partition coefficient (Wildman–Crippen LogP) is 4.94. The number of benzene rings is 1. The van der Waals surface area contributed by atoms with Gasteiger partial charge in [0.1, 0.15) is 17.9 Å². The van der Waals surface area contributed by atoms with Crippen LogP contribution in [-0.4, -0.2) is 64.2 Å². The van der Waals surface area contributed by atoms with Crippen LogP contribution < -0.4 is 10.6 Å². The molecular weight excluding hydrogens is 664 g/mol. The van der Waals surface area contributed by atoms with E-state index in [0.717, 1.165) is 4.31 Å². The zero-order chi connectivity index (χ0) is 31.7. The first-order valence-corrected chi connectivity index (χ1v) is 15.6. The number of aliphatic carboxylic acids is 1. The lowest BCUT2D eigenvalue weighted by atomic mass is 9.84. The van der Waals surface area contributed by atoms with Crippen molar-refractivity contribution in [2.24, 2.45) is 5.41 Å². The highest BCUT2D eigenvalue weighted by molar-refractivity contribution is 7.89. The van der Waals surface area contributed by atoms with Gasteiger partial charge < -0.3 is 15.7 Å². The van der Waals surface area contributed by atoms with Gasteiger partial charge in [-0.1, -0.05) is 66.3 Å². The molecule has 0 aliphatic carbocycles. The molecule has 1 aromatic carbocycles. The standard InChI is InChI=1S/C27H25Cl4N5O6S/c1-27(2)5-6-36(43(41,42)17-9-15(28)8-16(29)10-17)23(27)25(38)34-20(26(39)40)7-14-3-4-21(33-11-14)35-24(37)22-18(30)12-32-13-19(22)31/h3-4,8-13,20,23H,5-7H2,1-2H3,(H,34,38)(H,39,40)(H,33,35,37)/t20-,23+/m0/s1. The van der Waals surface area contributed by atoms with Crippen molar-refractivity contribution in [3.05, 3.63) is 80.1 Å². The number of nitrogens with zero attached hydrogens (tertiary/aromatic N) is 3. The Bertz CT molecular complexity index is 1650. The molecule has 3 N–H and O–H groups in total. The fraction of sp³-hybridized carbons (Fsp3) is 0.296. The van der Waals surface area contributed by atoms with E-state index in [1.165, 1.54) is 48.9 Å². The summed E-state index contributed by atoms with van der Waals surface area (Å²) >= 11 is 24.1. The molecule has 2 amide bonds. The number of pyridine rings is 2. The minimum Gasteiger partial charge on any atom is -0.480 e. The van der Waals surface area contributed by atoms with Gasteiger partial charge in [0.15, 0.2) is 0 Å². The van der Waals surface area contributed by atoms with E-state index in [9.17, 15) is 27.9 Å². The molecule has 2 atom stereocenters. The Labute approximate surface area is 267 Å². The maximum absolute atomic E-state index is 13.5. The Hall–Kier alpha value is -3.00. The number of carboxylic acid groups (broad SMARTS) is 1. The monoisotopic (exact) mass is 687 g/mol. The van der Waals surface area contributed by atoms with Crippen molar-refractivity contribution < 1.29 is 27.9 Å². The third kappa shape index (κ3) is 7.39. The van der Waals surface area contributed by atoms with Crippen LogP contribution in [-0.2, 0) is 26.0 Å². The number of halogens is 4. The van der Waals surface area contributed by atoms with Gasteiger partial charge >= 0.3 is 5.97 Å². The number of nitrogens with one attached hydrogen (secondary N) is 2. The number of hydrogen-bond donors (Lipinski definition) is 3. The van der Waals surface area contributed by atoms with Crippen LogP contribution in [0.15, 0.2) is 53.8 Å². The van der Waals surface area contributed by atoms with Crippen molar-refractivity contribution in [2.45, 2.75) is 43.7 Å². The summed E-state index contributed by atoms with van der Waals surface area (Å²) in [4.78, 5) is 46.0. The van der Waals surface area contributed by atoms with Gasteiger partial charge in [0, 0.05) is 41.6 Å². The second-order valence-corrected chi connectivity index (χ2v) is 14.0. The smallest absolute Gasteiger partial charge is 0.326 e. The van der Waals surface area contributed by atoms with Crippen molar-refractivity contribution in [3.8, 4) is 0 Å². The van der Waals surface area contributed by atoms with E-state index in [1.807, 2.05) is 0 Å². The third-order valence-corrected chi connectivity index (χ3v) is 9.75. The Morgan fingerprint density at radius 2 is 1.67 bits per heavy atom. The maximum Gasteiger partial charge on any atom is 0.326 e. The minimum atomic E-state index is -4.21. The highest BCUT2D eigenvalue weighted by Gasteiger charge is 2.50. The summed E-state index contributed by atoms with van der Waals surface area (Å²) in [6.45, 7) is 3.50. The van der Waals surface area contributed by atoms with E-state index in [-0.39, 0.29) is 49.3 Å². The molecule has 43 heavy (non-hydrogen) atoms. The Balaban J connectivity index is 1.50. The summed E-state index contributed by atoms with van der Waals surface area (Å²) in [5.41, 5.74) is -0.374. The second kappa shape index (κ2) is 12.9. The molecule has 0 bridgehead atoms. The van der Waals surface area contributed by atoms with Crippen LogP contribution in [0.1, 0.15) is 36.2 Å². The highest BCUT2D eigenvalue weighted by Crippen LogP contribution is 2.40. The zero-order valence-electron chi connectivity index (χ0n) is 22.6. The molecule has 4 rings (SSSR count). The molecule has 0 radical (unpaired) electrons. The van der Waals surface area contributed by atoms with Crippen LogP contribution in [0.4, 0.5) is 5.82 Å². The van der Waals surface area contributed by atoms with Gasteiger partial charge in [-0.15, -0.1) is 0 Å². The molecule has 0 spiro atoms. The number of aromatic nitrogens is 2. The van der Waals surface area contributed by atoms with Gasteiger partial charge in [-0.25, -0.2) is 18.2 Å². The Kier molecular flexibility index (Phi) is 9.89. The molecule has 1 saturated heterocycles. The van der Waals surface area contributed by atoms with E-state index in [4.69, 9.17) is 46.4 Å². The van der Waals surface area contributed by atoms with E-state index in [0.29, 0.717) is 12.0 Å². The molecule has 16 heteroatoms. The Morgan fingerprint density at radius 1 is 1.05 bits per heavy atom. The normalized spacial score (nSPS) is 17.3. The minimum absolute atomic E-state index is 0.0159. The van der Waals surface area contributed by atoms with Gasteiger partial charge in [0.25, 0.3) is 5.91 Å². The highest BCUT2D eigenvalue weighted by atomic mass is 35.5. The van der Waals surface area contributed by atoms with Crippen LogP contribution in [0.2, 0.25) is 20.1 Å². The lowest BCUT2D eigenvalue weighted by Crippen LogP contribution is -2.55. The summed E-state index contributed by atoms with van der Waals surface area (Å²) in [5, 5.41) is 15.3. The molecule has 1 aliphatic rings. The number of amides is 2. The van der Waals surface area contributed by atoms with Crippen molar-refractivity contribution in [1.82, 2.24) is 19.6 Å². The van der Waals surface area contributed by atoms with Crippen LogP contribution >= 0.6 is 46.4 Å². The van der Waals surface area contributed by atoms with Gasteiger partial charge in [-0.3, -0.25) is 14.6 Å². The molecule has 3 heterocycles. The third-order valence-electron chi connectivity index (χ3n) is 6.90. The first kappa shape index (κ1) is 32.9. The van der Waals surface area contributed by atoms with Gasteiger partial charge in [-0.05, 0) is 41.7 Å². The van der Waals surface area contributed by atoms with Crippen molar-refractivity contribution in [2.75, 3.05) is 11.9 Å². The van der Waals surface area contributed by atoms with E-state index in [1.54, 1.807) is 13.8 Å². The second-order valence-electron chi connectivity index (χ2n) is 10.4. The molecule has 0 saturated carbocycles. The number of anilines is 1. The summed E-state index contributed by atoms with van der Waals surface area (Å²) in [6.07, 6.45) is 4.06. The number of carbonyl (C=O) groups excluding carboxylic acids is 2. The zero-order valence-corrected chi connectivity index (χ0v) is 26.5. The topological polar surface area (TPSA) is 159 Å². The molecule has 2 aromatic heterocycles. The number of hydrogen-bond acceptors (Lipinski definition) is 7. The largest absolute Gasteiger partial charge is 0.480 e. The molecule has 0 unspecified atom stereocenters. The summed E-state index contributed by atoms with van der Waals surface area (Å²) in [5.74, 6) is -2.58. The van der Waals surface area contributed by atoms with E-state index < -0.39 is 45.3 Å². The number of carboxylic acids is 1. The average Bonchev–Trinajstić information content (AvgIpc) is 3.24. The predicted molar refractivity (Wildman–Crippen MR) is 162 cm³/mol. The molecule has 11 nitrogen and oxygen atoms in total. The van der Waals surface area contributed by atoms with Gasteiger partial charge in [-0.2, -0.15) is 4.31 Å². The van der Waals surface area contributed by atoms with Crippen LogP contribution in [0.3, 0.4) is 0 Å². The van der Waals surface area contributed by atoms with Crippen molar-refractivity contribution in [1.29, 1.82) is 0 Å².